The number of hydrogen-bond donors (Lipinski definition) is 0. The van der Waals surface area contributed by atoms with Gasteiger partial charge in [0.15, 0.2) is 0 Å². The molecule has 0 bridgehead atoms. The number of hydrogen-bond acceptors (Lipinski definition) is 3. The number of benzene rings is 3. The molecule has 0 unspecified atom stereocenters. The minimum Gasteiger partial charge on any atom is -0.345 e. The Labute approximate surface area is 202 Å². The second-order valence-electron chi connectivity index (χ2n) is 8.12. The number of aromatic nitrogens is 1. The summed E-state index contributed by atoms with van der Waals surface area (Å²) in [5.74, 6) is -0.473. The summed E-state index contributed by atoms with van der Waals surface area (Å²) in [6.45, 7) is 1.27. The van der Waals surface area contributed by atoms with Crippen LogP contribution in [0, 0.1) is 15.9 Å². The fourth-order valence-electron chi connectivity index (χ4n) is 3.77. The summed E-state index contributed by atoms with van der Waals surface area (Å²) in [7, 11) is 0. The number of nitro groups is 1. The van der Waals surface area contributed by atoms with Gasteiger partial charge in [-0.1, -0.05) is 42.5 Å². The van der Waals surface area contributed by atoms with Crippen LogP contribution in [-0.2, 0) is 24.4 Å². The molecule has 0 saturated carbocycles. The molecule has 0 N–H and O–H groups in total. The third-order valence-electron chi connectivity index (χ3n) is 5.57. The van der Waals surface area contributed by atoms with Crippen LogP contribution >= 0.6 is 0 Å². The number of amides is 1. The Morgan fingerprint density at radius 3 is 2.37 bits per heavy atom. The number of nitro benzene ring substituents is 1. The van der Waals surface area contributed by atoms with Crippen molar-refractivity contribution in [3.8, 4) is 0 Å². The molecule has 4 aromatic rings. The van der Waals surface area contributed by atoms with Crippen LogP contribution in [-0.4, -0.2) is 20.3 Å². The van der Waals surface area contributed by atoms with Crippen molar-refractivity contribution in [1.29, 1.82) is 0 Å². The van der Waals surface area contributed by atoms with Crippen LogP contribution in [0.5, 0.6) is 0 Å². The van der Waals surface area contributed by atoms with E-state index in [0.717, 1.165) is 16.8 Å². The van der Waals surface area contributed by atoms with Crippen LogP contribution < -0.4 is 0 Å². The highest BCUT2D eigenvalue weighted by atomic mass is 19.1. The first-order valence-electron chi connectivity index (χ1n) is 11.1. The van der Waals surface area contributed by atoms with Gasteiger partial charge in [-0.05, 0) is 59.2 Å². The van der Waals surface area contributed by atoms with Crippen molar-refractivity contribution in [2.45, 2.75) is 19.6 Å². The third-order valence-corrected chi connectivity index (χ3v) is 5.57. The van der Waals surface area contributed by atoms with Crippen LogP contribution in [0.25, 0.3) is 6.08 Å². The highest BCUT2D eigenvalue weighted by Gasteiger charge is 2.15. The Morgan fingerprint density at radius 1 is 0.914 bits per heavy atom. The number of rotatable bonds is 9. The monoisotopic (exact) mass is 469 g/mol. The number of carbonyl (C=O) groups excluding carboxylic acids is 1. The first kappa shape index (κ1) is 23.6. The standard InChI is InChI=1S/C28H24FN3O3/c29-25-9-4-8-24(18-25)20-30-17-5-10-27(30)21-31(19-23-6-2-1-3-7-23)28(33)16-13-22-11-14-26(15-12-22)32(34)35/h1-18H,19-21H2/b16-13+. The van der Waals surface area contributed by atoms with E-state index in [2.05, 4.69) is 0 Å². The second-order valence-corrected chi connectivity index (χ2v) is 8.12. The van der Waals surface area contributed by atoms with Crippen molar-refractivity contribution >= 4 is 17.7 Å². The van der Waals surface area contributed by atoms with E-state index in [-0.39, 0.29) is 17.4 Å². The van der Waals surface area contributed by atoms with E-state index in [0.29, 0.717) is 25.2 Å². The van der Waals surface area contributed by atoms with Crippen molar-refractivity contribution in [2.75, 3.05) is 0 Å². The van der Waals surface area contributed by atoms with Gasteiger partial charge >= 0.3 is 0 Å². The normalized spacial score (nSPS) is 11.0. The van der Waals surface area contributed by atoms with Crippen LogP contribution in [0.15, 0.2) is 103 Å². The fourth-order valence-corrected chi connectivity index (χ4v) is 3.77. The van der Waals surface area contributed by atoms with Crippen molar-refractivity contribution in [3.63, 3.8) is 0 Å². The zero-order chi connectivity index (χ0) is 24.6. The molecule has 0 saturated heterocycles. The van der Waals surface area contributed by atoms with Crippen LogP contribution in [0.2, 0.25) is 0 Å². The number of nitrogens with zero attached hydrogens (tertiary/aromatic N) is 3. The molecule has 35 heavy (non-hydrogen) atoms. The van der Waals surface area contributed by atoms with Gasteiger partial charge in [0.25, 0.3) is 5.69 Å². The smallest absolute Gasteiger partial charge is 0.269 e. The molecule has 1 amide bonds. The highest BCUT2D eigenvalue weighted by molar-refractivity contribution is 5.91. The molecule has 7 heteroatoms. The quantitative estimate of drug-likeness (QED) is 0.176. The Kier molecular flexibility index (Phi) is 7.47. The van der Waals surface area contributed by atoms with Gasteiger partial charge in [-0.2, -0.15) is 0 Å². The minimum absolute atomic E-state index is 0.00163. The van der Waals surface area contributed by atoms with Crippen molar-refractivity contribution in [2.24, 2.45) is 0 Å². The van der Waals surface area contributed by atoms with E-state index in [9.17, 15) is 19.3 Å². The van der Waals surface area contributed by atoms with Gasteiger partial charge < -0.3 is 9.47 Å². The Bertz CT molecular complexity index is 1330. The lowest BCUT2D eigenvalue weighted by Crippen LogP contribution is -2.29. The molecular formula is C28H24FN3O3. The molecule has 3 aromatic carbocycles. The lowest BCUT2D eigenvalue weighted by Gasteiger charge is -2.23. The van der Waals surface area contributed by atoms with Crippen molar-refractivity contribution < 1.29 is 14.1 Å². The van der Waals surface area contributed by atoms with E-state index >= 15 is 0 Å². The van der Waals surface area contributed by atoms with Gasteiger partial charge in [0.05, 0.1) is 11.5 Å². The maximum absolute atomic E-state index is 13.6. The molecule has 1 aromatic heterocycles. The van der Waals surface area contributed by atoms with Gasteiger partial charge in [-0.3, -0.25) is 14.9 Å². The zero-order valence-corrected chi connectivity index (χ0v) is 19.0. The summed E-state index contributed by atoms with van der Waals surface area (Å²) in [4.78, 5) is 25.3. The van der Waals surface area contributed by atoms with Gasteiger partial charge in [0, 0.05) is 43.2 Å². The molecule has 1 heterocycles. The molecule has 0 atom stereocenters. The third kappa shape index (κ3) is 6.51. The Hall–Kier alpha value is -4.52. The zero-order valence-electron chi connectivity index (χ0n) is 19.0. The molecule has 0 spiro atoms. The maximum Gasteiger partial charge on any atom is 0.269 e. The van der Waals surface area contributed by atoms with E-state index < -0.39 is 4.92 Å². The number of carbonyl (C=O) groups is 1. The van der Waals surface area contributed by atoms with Gasteiger partial charge in [0.1, 0.15) is 5.82 Å². The molecule has 176 valence electrons. The fraction of sp³-hybridized carbons (Fsp3) is 0.107. The predicted molar refractivity (Wildman–Crippen MR) is 133 cm³/mol. The summed E-state index contributed by atoms with van der Waals surface area (Å²) < 4.78 is 15.6. The van der Waals surface area contributed by atoms with Crippen LogP contribution in [0.3, 0.4) is 0 Å². The van der Waals surface area contributed by atoms with E-state index in [4.69, 9.17) is 0 Å². The van der Waals surface area contributed by atoms with Gasteiger partial charge in [-0.15, -0.1) is 0 Å². The molecule has 0 radical (unpaired) electrons. The highest BCUT2D eigenvalue weighted by Crippen LogP contribution is 2.16. The minimum atomic E-state index is -0.459. The summed E-state index contributed by atoms with van der Waals surface area (Å²) in [5, 5.41) is 10.9. The van der Waals surface area contributed by atoms with Crippen molar-refractivity contribution in [3.05, 3.63) is 142 Å². The molecular weight excluding hydrogens is 445 g/mol. The van der Waals surface area contributed by atoms with Crippen LogP contribution in [0.4, 0.5) is 10.1 Å². The first-order chi connectivity index (χ1) is 17.0. The van der Waals surface area contributed by atoms with Crippen LogP contribution in [0.1, 0.15) is 22.4 Å². The average molecular weight is 470 g/mol. The topological polar surface area (TPSA) is 68.4 Å². The SMILES string of the molecule is O=C(/C=C/c1ccc([N+](=O)[O-])cc1)N(Cc1ccccc1)Cc1cccn1Cc1cccc(F)c1. The second kappa shape index (κ2) is 11.1. The number of non-ortho nitro benzene ring substituents is 1. The maximum atomic E-state index is 13.6. The van der Waals surface area contributed by atoms with E-state index in [1.807, 2.05) is 59.3 Å². The number of halogens is 1. The molecule has 4 rings (SSSR count). The largest absolute Gasteiger partial charge is 0.345 e. The van der Waals surface area contributed by atoms with E-state index in [1.54, 1.807) is 29.2 Å². The molecule has 0 aliphatic carbocycles. The van der Waals surface area contributed by atoms with E-state index in [1.165, 1.54) is 30.3 Å². The molecule has 0 aliphatic heterocycles. The van der Waals surface area contributed by atoms with Gasteiger partial charge in [0.2, 0.25) is 5.91 Å². The van der Waals surface area contributed by atoms with Gasteiger partial charge in [-0.25, -0.2) is 4.39 Å². The summed E-state index contributed by atoms with van der Waals surface area (Å²) in [6, 6.07) is 26.1. The van der Waals surface area contributed by atoms with Crippen molar-refractivity contribution in [1.82, 2.24) is 9.47 Å². The summed E-state index contributed by atoms with van der Waals surface area (Å²) >= 11 is 0. The predicted octanol–water partition coefficient (Wildman–Crippen LogP) is 5.83. The molecule has 0 fully saturated rings. The lowest BCUT2D eigenvalue weighted by atomic mass is 10.1. The Balaban J connectivity index is 1.54. The lowest BCUT2D eigenvalue weighted by molar-refractivity contribution is -0.384. The summed E-state index contributed by atoms with van der Waals surface area (Å²) in [6.07, 6.45) is 5.04. The molecule has 6 nitrogen and oxygen atoms in total. The first-order valence-corrected chi connectivity index (χ1v) is 11.1. The molecule has 0 aliphatic rings. The average Bonchev–Trinajstić information content (AvgIpc) is 3.29. The summed E-state index contributed by atoms with van der Waals surface area (Å²) in [5.41, 5.74) is 3.44. The Morgan fingerprint density at radius 2 is 1.66 bits per heavy atom.